The van der Waals surface area contributed by atoms with E-state index in [9.17, 15) is 0 Å². The predicted octanol–water partition coefficient (Wildman–Crippen LogP) is 12.9. The van der Waals surface area contributed by atoms with Crippen LogP contribution in [0.25, 0.3) is 0 Å². The number of rotatable bonds is 7. The summed E-state index contributed by atoms with van der Waals surface area (Å²) in [6.07, 6.45) is 12.6. The van der Waals surface area contributed by atoms with Crippen molar-refractivity contribution in [1.82, 2.24) is 0 Å². The van der Waals surface area contributed by atoms with Crippen LogP contribution in [0.3, 0.4) is 0 Å². The Morgan fingerprint density at radius 1 is 0.667 bits per heavy atom. The number of fused-ring (bicyclic) bond motifs is 8. The Morgan fingerprint density at radius 3 is 1.93 bits per heavy atom. The van der Waals surface area contributed by atoms with Crippen LogP contribution in [0.5, 0.6) is 0 Å². The molecule has 3 heteroatoms. The lowest BCUT2D eigenvalue weighted by atomic mass is 9.33. The van der Waals surface area contributed by atoms with Crippen molar-refractivity contribution >= 4 is 57.2 Å². The zero-order chi connectivity index (χ0) is 39.6. The predicted molar refractivity (Wildman–Crippen MR) is 246 cm³/mol. The van der Waals surface area contributed by atoms with E-state index < -0.39 is 0 Å². The first-order chi connectivity index (χ1) is 27.2. The molecule has 6 aliphatic rings. The minimum Gasteiger partial charge on any atom is -0.311 e. The van der Waals surface area contributed by atoms with E-state index in [4.69, 9.17) is 0 Å². The zero-order valence-electron chi connectivity index (χ0n) is 36.3. The van der Waals surface area contributed by atoms with Gasteiger partial charge in [-0.2, -0.15) is 0 Å². The smallest absolute Gasteiger partial charge is 0.252 e. The standard InChI is InChI=1S/C54H63BN2/c1-10-25-51(4,5)41-31-40(21-18-37(41)11-2)57-47-33-43-42(52(6,7)34-53(43,8)9)32-45(47)55-44-14-12-13-15-46(44)56(39-19-16-35(3)17-20-39)48-29-38(30-49(57)50(48)55)54-26-22-36(23-27-54)24-28-54/h12-21,29-33,36H,10-11,22-28,34H2,1-9H3. The van der Waals surface area contributed by atoms with Crippen LogP contribution in [0.4, 0.5) is 34.1 Å². The average Bonchev–Trinajstić information content (AvgIpc) is 3.39. The number of hydrogen-bond acceptors (Lipinski definition) is 2. The average molecular weight is 751 g/mol. The molecule has 292 valence electrons. The van der Waals surface area contributed by atoms with Gasteiger partial charge in [-0.05, 0) is 185 Å². The van der Waals surface area contributed by atoms with Crippen molar-refractivity contribution in [3.05, 3.63) is 124 Å². The van der Waals surface area contributed by atoms with Crippen molar-refractivity contribution in [1.29, 1.82) is 0 Å². The van der Waals surface area contributed by atoms with Gasteiger partial charge in [-0.15, -0.1) is 0 Å². The second kappa shape index (κ2) is 12.9. The Balaban J connectivity index is 1.33. The summed E-state index contributed by atoms with van der Waals surface area (Å²) in [7, 11) is 0. The molecule has 3 fully saturated rings. The molecule has 0 saturated heterocycles. The van der Waals surface area contributed by atoms with Gasteiger partial charge < -0.3 is 9.80 Å². The summed E-state index contributed by atoms with van der Waals surface area (Å²) in [6, 6.07) is 37.0. The highest BCUT2D eigenvalue weighted by Gasteiger charge is 2.50. The Kier molecular flexibility index (Phi) is 8.38. The lowest BCUT2D eigenvalue weighted by Crippen LogP contribution is -2.61. The van der Waals surface area contributed by atoms with Crippen molar-refractivity contribution in [2.75, 3.05) is 9.80 Å². The topological polar surface area (TPSA) is 6.48 Å². The fourth-order valence-corrected chi connectivity index (χ4v) is 13.0. The first-order valence-electron chi connectivity index (χ1n) is 22.5. The van der Waals surface area contributed by atoms with E-state index in [1.807, 2.05) is 0 Å². The molecule has 2 bridgehead atoms. The van der Waals surface area contributed by atoms with Gasteiger partial charge >= 0.3 is 0 Å². The normalized spacial score (nSPS) is 22.3. The van der Waals surface area contributed by atoms with Crippen molar-refractivity contribution in [2.45, 2.75) is 148 Å². The molecular weight excluding hydrogens is 687 g/mol. The van der Waals surface area contributed by atoms with E-state index in [-0.39, 0.29) is 28.4 Å². The third-order valence-corrected chi connectivity index (χ3v) is 15.8. The molecule has 3 saturated carbocycles. The summed E-state index contributed by atoms with van der Waals surface area (Å²) in [5, 5.41) is 0. The molecule has 57 heavy (non-hydrogen) atoms. The molecule has 0 amide bonds. The van der Waals surface area contributed by atoms with Gasteiger partial charge in [-0.1, -0.05) is 110 Å². The molecule has 0 unspecified atom stereocenters. The SMILES string of the molecule is CCCC(C)(C)c1cc(N2c3cc4c(cc3B3c5ccccc5N(c5ccc(C)cc5)c5cc(C67CCC(CC6)CC7)cc2c53)C(C)(C)CC4(C)C)ccc1CC. The summed E-state index contributed by atoms with van der Waals surface area (Å²) in [6.45, 7) is 21.9. The van der Waals surface area contributed by atoms with Crippen LogP contribution in [-0.4, -0.2) is 6.71 Å². The molecule has 0 spiro atoms. The van der Waals surface area contributed by atoms with Crippen LogP contribution in [0.2, 0.25) is 0 Å². The van der Waals surface area contributed by atoms with Crippen LogP contribution in [0.15, 0.2) is 91.0 Å². The minimum atomic E-state index is 0.0867. The summed E-state index contributed by atoms with van der Waals surface area (Å²) in [5.41, 5.74) is 21.8. The van der Waals surface area contributed by atoms with Crippen molar-refractivity contribution in [3.8, 4) is 0 Å². The van der Waals surface area contributed by atoms with Crippen molar-refractivity contribution < 1.29 is 0 Å². The van der Waals surface area contributed by atoms with Gasteiger partial charge in [0.05, 0.1) is 0 Å². The third-order valence-electron chi connectivity index (χ3n) is 15.8. The number of para-hydroxylation sites is 1. The Morgan fingerprint density at radius 2 is 1.28 bits per heavy atom. The number of aryl methyl sites for hydroxylation is 2. The second-order valence-corrected chi connectivity index (χ2v) is 20.9. The maximum Gasteiger partial charge on any atom is 0.252 e. The first-order valence-corrected chi connectivity index (χ1v) is 22.5. The molecule has 4 aliphatic carbocycles. The van der Waals surface area contributed by atoms with Gasteiger partial charge in [-0.3, -0.25) is 0 Å². The summed E-state index contributed by atoms with van der Waals surface area (Å²) < 4.78 is 0. The summed E-state index contributed by atoms with van der Waals surface area (Å²) >= 11 is 0. The Labute approximate surface area is 344 Å². The largest absolute Gasteiger partial charge is 0.311 e. The maximum absolute atomic E-state index is 2.76. The van der Waals surface area contributed by atoms with Gasteiger partial charge in [0.1, 0.15) is 0 Å². The molecule has 0 radical (unpaired) electrons. The number of benzene rings is 5. The molecule has 0 N–H and O–H groups in total. The molecule has 11 rings (SSSR count). The molecule has 2 nitrogen and oxygen atoms in total. The van der Waals surface area contributed by atoms with Gasteiger partial charge in [0.2, 0.25) is 0 Å². The molecule has 2 aliphatic heterocycles. The minimum absolute atomic E-state index is 0.0867. The van der Waals surface area contributed by atoms with Crippen LogP contribution in [0, 0.1) is 12.8 Å². The Bertz CT molecular complexity index is 2390. The highest BCUT2D eigenvalue weighted by Crippen LogP contribution is 2.56. The number of nitrogens with zero attached hydrogens (tertiary/aromatic N) is 2. The second-order valence-electron chi connectivity index (χ2n) is 20.9. The maximum atomic E-state index is 2.76. The highest BCUT2D eigenvalue weighted by atomic mass is 15.2. The van der Waals surface area contributed by atoms with Crippen LogP contribution in [-0.2, 0) is 28.1 Å². The van der Waals surface area contributed by atoms with E-state index in [2.05, 4.69) is 163 Å². The lowest BCUT2D eigenvalue weighted by Gasteiger charge is -2.49. The fourth-order valence-electron chi connectivity index (χ4n) is 13.0. The third kappa shape index (κ3) is 5.57. The quantitative estimate of drug-likeness (QED) is 0.150. The fraction of sp³-hybridized carbons (Fsp3) is 0.444. The van der Waals surface area contributed by atoms with E-state index in [1.165, 1.54) is 130 Å². The number of hydrogen-bond donors (Lipinski definition) is 0. The highest BCUT2D eigenvalue weighted by molar-refractivity contribution is 7.00. The van der Waals surface area contributed by atoms with Crippen LogP contribution >= 0.6 is 0 Å². The van der Waals surface area contributed by atoms with Crippen LogP contribution in [0.1, 0.15) is 147 Å². The monoisotopic (exact) mass is 751 g/mol. The van der Waals surface area contributed by atoms with Crippen molar-refractivity contribution in [2.24, 2.45) is 5.92 Å². The first kappa shape index (κ1) is 37.1. The van der Waals surface area contributed by atoms with Crippen molar-refractivity contribution in [3.63, 3.8) is 0 Å². The van der Waals surface area contributed by atoms with E-state index >= 15 is 0 Å². The molecule has 0 atom stereocenters. The molecule has 2 heterocycles. The van der Waals surface area contributed by atoms with Gasteiger partial charge in [0.15, 0.2) is 0 Å². The molecule has 5 aromatic rings. The molecule has 5 aromatic carbocycles. The summed E-state index contributed by atoms with van der Waals surface area (Å²) in [5.74, 6) is 0.920. The Hall–Kier alpha value is -4.24. The van der Waals surface area contributed by atoms with E-state index in [0.717, 1.165) is 18.8 Å². The van der Waals surface area contributed by atoms with E-state index in [0.29, 0.717) is 0 Å². The summed E-state index contributed by atoms with van der Waals surface area (Å²) in [4.78, 5) is 5.39. The molecule has 0 aromatic heterocycles. The lowest BCUT2D eigenvalue weighted by molar-refractivity contribution is 0.136. The van der Waals surface area contributed by atoms with Gasteiger partial charge in [0, 0.05) is 34.1 Å². The van der Waals surface area contributed by atoms with E-state index in [1.54, 1.807) is 5.56 Å². The number of anilines is 6. The van der Waals surface area contributed by atoms with Gasteiger partial charge in [-0.25, -0.2) is 0 Å². The molecular formula is C54H63BN2. The van der Waals surface area contributed by atoms with Gasteiger partial charge in [0.25, 0.3) is 6.71 Å². The zero-order valence-corrected chi connectivity index (χ0v) is 36.3. The van der Waals surface area contributed by atoms with Crippen LogP contribution < -0.4 is 26.2 Å².